The van der Waals surface area contributed by atoms with Crippen LogP contribution in [0.25, 0.3) is 0 Å². The molecule has 0 radical (unpaired) electrons. The predicted molar refractivity (Wildman–Crippen MR) is 80.4 cm³/mol. The van der Waals surface area contributed by atoms with E-state index >= 15 is 0 Å². The molecule has 2 aromatic rings. The highest BCUT2D eigenvalue weighted by Crippen LogP contribution is 2.33. The van der Waals surface area contributed by atoms with Crippen LogP contribution in [0, 0.1) is 32.4 Å². The van der Waals surface area contributed by atoms with Gasteiger partial charge in [-0.2, -0.15) is 0 Å². The Labute approximate surface area is 122 Å². The van der Waals surface area contributed by atoms with E-state index < -0.39 is 11.6 Å². The molecule has 0 saturated heterocycles. The fraction of sp³-hybridized carbons (Fsp3) is 0.375. The van der Waals surface area contributed by atoms with Crippen molar-refractivity contribution >= 4 is 11.3 Å². The molecule has 0 aliphatic heterocycles. The second kappa shape index (κ2) is 6.02. The molecular weight excluding hydrogens is 276 g/mol. The Kier molecular flexibility index (Phi) is 4.55. The fourth-order valence-electron chi connectivity index (χ4n) is 2.20. The number of hydrogen-bond acceptors (Lipinski definition) is 2. The van der Waals surface area contributed by atoms with Gasteiger partial charge >= 0.3 is 0 Å². The van der Waals surface area contributed by atoms with E-state index in [1.807, 2.05) is 26.8 Å². The van der Waals surface area contributed by atoms with Gasteiger partial charge in [-0.25, -0.2) is 8.78 Å². The maximum absolute atomic E-state index is 14.2. The molecule has 1 heterocycles. The summed E-state index contributed by atoms with van der Waals surface area (Å²) in [6.45, 7) is 8.30. The van der Waals surface area contributed by atoms with Crippen LogP contribution in [0.4, 0.5) is 8.78 Å². The first-order valence-electron chi connectivity index (χ1n) is 6.70. The summed E-state index contributed by atoms with van der Waals surface area (Å²) in [7, 11) is 0. The number of benzene rings is 1. The van der Waals surface area contributed by atoms with Crippen molar-refractivity contribution in [1.82, 2.24) is 5.32 Å². The second-order valence-electron chi connectivity index (χ2n) is 4.98. The molecule has 0 amide bonds. The molecule has 0 spiro atoms. The Morgan fingerprint density at radius 1 is 1.10 bits per heavy atom. The summed E-state index contributed by atoms with van der Waals surface area (Å²) >= 11 is 1.62. The van der Waals surface area contributed by atoms with Gasteiger partial charge < -0.3 is 5.32 Å². The van der Waals surface area contributed by atoms with Gasteiger partial charge in [0.25, 0.3) is 0 Å². The van der Waals surface area contributed by atoms with Crippen molar-refractivity contribution in [3.63, 3.8) is 0 Å². The zero-order valence-electron chi connectivity index (χ0n) is 12.2. The van der Waals surface area contributed by atoms with E-state index in [4.69, 9.17) is 0 Å². The monoisotopic (exact) mass is 295 g/mol. The minimum Gasteiger partial charge on any atom is -0.306 e. The Morgan fingerprint density at radius 2 is 1.80 bits per heavy atom. The molecule has 2 rings (SSSR count). The largest absolute Gasteiger partial charge is 0.306 e. The summed E-state index contributed by atoms with van der Waals surface area (Å²) < 4.78 is 28.0. The summed E-state index contributed by atoms with van der Waals surface area (Å²) in [4.78, 5) is 2.22. The van der Waals surface area contributed by atoms with Gasteiger partial charge in [0.1, 0.15) is 0 Å². The van der Waals surface area contributed by atoms with Crippen LogP contribution in [-0.2, 0) is 0 Å². The fourth-order valence-corrected chi connectivity index (χ4v) is 3.33. The van der Waals surface area contributed by atoms with Crippen LogP contribution in [0.5, 0.6) is 0 Å². The molecular formula is C16H19F2NS. The number of thiophene rings is 1. The van der Waals surface area contributed by atoms with E-state index in [2.05, 4.69) is 5.32 Å². The Morgan fingerprint density at radius 3 is 2.35 bits per heavy atom. The molecule has 0 aliphatic carbocycles. The third kappa shape index (κ3) is 2.76. The van der Waals surface area contributed by atoms with E-state index in [0.717, 1.165) is 4.88 Å². The van der Waals surface area contributed by atoms with Crippen LogP contribution in [0.15, 0.2) is 18.2 Å². The van der Waals surface area contributed by atoms with Gasteiger partial charge in [0.15, 0.2) is 11.6 Å². The topological polar surface area (TPSA) is 12.0 Å². The van der Waals surface area contributed by atoms with Crippen molar-refractivity contribution in [3.8, 4) is 0 Å². The molecule has 1 unspecified atom stereocenters. The van der Waals surface area contributed by atoms with Gasteiger partial charge in [0, 0.05) is 15.3 Å². The summed E-state index contributed by atoms with van der Waals surface area (Å²) in [5, 5.41) is 3.25. The molecule has 1 atom stereocenters. The molecule has 0 bridgehead atoms. The van der Waals surface area contributed by atoms with Crippen molar-refractivity contribution < 1.29 is 8.78 Å². The average molecular weight is 295 g/mol. The van der Waals surface area contributed by atoms with Crippen molar-refractivity contribution in [3.05, 3.63) is 56.3 Å². The smallest absolute Gasteiger partial charge is 0.164 e. The molecule has 1 N–H and O–H groups in total. The third-order valence-electron chi connectivity index (χ3n) is 3.49. The zero-order valence-corrected chi connectivity index (χ0v) is 13.0. The molecule has 20 heavy (non-hydrogen) atoms. The highest BCUT2D eigenvalue weighted by Gasteiger charge is 2.22. The lowest BCUT2D eigenvalue weighted by atomic mass is 10.0. The lowest BCUT2D eigenvalue weighted by Crippen LogP contribution is -2.22. The van der Waals surface area contributed by atoms with Crippen molar-refractivity contribution in [2.45, 2.75) is 33.7 Å². The molecule has 108 valence electrons. The second-order valence-corrected chi connectivity index (χ2v) is 6.27. The standard InChI is InChI=1S/C16H19F2NS/c1-5-19-16(13-8-10(3)11(4)20-13)12-7-6-9(2)14(17)15(12)18/h6-8,16,19H,5H2,1-4H3. The molecule has 1 nitrogen and oxygen atoms in total. The van der Waals surface area contributed by atoms with Crippen molar-refractivity contribution in [1.29, 1.82) is 0 Å². The molecule has 1 aromatic carbocycles. The molecule has 0 fully saturated rings. The van der Waals surface area contributed by atoms with Crippen LogP contribution in [0.2, 0.25) is 0 Å². The highest BCUT2D eigenvalue weighted by molar-refractivity contribution is 7.12. The number of nitrogens with one attached hydrogen (secondary N) is 1. The first-order valence-corrected chi connectivity index (χ1v) is 7.52. The van der Waals surface area contributed by atoms with Crippen molar-refractivity contribution in [2.24, 2.45) is 0 Å². The summed E-state index contributed by atoms with van der Waals surface area (Å²) in [6.07, 6.45) is 0. The van der Waals surface area contributed by atoms with Gasteiger partial charge in [-0.15, -0.1) is 11.3 Å². The van der Waals surface area contributed by atoms with E-state index in [0.29, 0.717) is 17.7 Å². The van der Waals surface area contributed by atoms with E-state index in [1.165, 1.54) is 10.4 Å². The molecule has 1 aromatic heterocycles. The first kappa shape index (κ1) is 15.1. The number of aryl methyl sites for hydroxylation is 3. The van der Waals surface area contributed by atoms with E-state index in [-0.39, 0.29) is 6.04 Å². The third-order valence-corrected chi connectivity index (χ3v) is 4.71. The number of rotatable bonds is 4. The van der Waals surface area contributed by atoms with Gasteiger partial charge in [-0.3, -0.25) is 0 Å². The van der Waals surface area contributed by atoms with Crippen LogP contribution in [0.3, 0.4) is 0 Å². The maximum atomic E-state index is 14.2. The Balaban J connectivity index is 2.51. The van der Waals surface area contributed by atoms with Gasteiger partial charge in [0.05, 0.1) is 6.04 Å². The van der Waals surface area contributed by atoms with Gasteiger partial charge in [-0.1, -0.05) is 19.1 Å². The Bertz CT molecular complexity index is 600. The lowest BCUT2D eigenvalue weighted by molar-refractivity contribution is 0.479. The zero-order chi connectivity index (χ0) is 14.9. The number of halogens is 2. The van der Waals surface area contributed by atoms with Gasteiger partial charge in [0.2, 0.25) is 0 Å². The molecule has 0 aliphatic rings. The van der Waals surface area contributed by atoms with Gasteiger partial charge in [-0.05, 0) is 44.5 Å². The van der Waals surface area contributed by atoms with Crippen LogP contribution >= 0.6 is 11.3 Å². The predicted octanol–water partition coefficient (Wildman–Crippen LogP) is 4.65. The lowest BCUT2D eigenvalue weighted by Gasteiger charge is -2.18. The summed E-state index contributed by atoms with van der Waals surface area (Å²) in [5.41, 5.74) is 1.89. The quantitative estimate of drug-likeness (QED) is 0.865. The summed E-state index contributed by atoms with van der Waals surface area (Å²) in [6, 6.07) is 5.05. The molecule has 4 heteroatoms. The first-order chi connectivity index (χ1) is 9.45. The molecule has 0 saturated carbocycles. The normalized spacial score (nSPS) is 12.7. The summed E-state index contributed by atoms with van der Waals surface area (Å²) in [5.74, 6) is -1.50. The maximum Gasteiger partial charge on any atom is 0.164 e. The van der Waals surface area contributed by atoms with E-state index in [9.17, 15) is 8.78 Å². The minimum absolute atomic E-state index is 0.299. The highest BCUT2D eigenvalue weighted by atomic mass is 32.1. The number of hydrogen-bond donors (Lipinski definition) is 1. The van der Waals surface area contributed by atoms with E-state index in [1.54, 1.807) is 30.4 Å². The van der Waals surface area contributed by atoms with Crippen LogP contribution < -0.4 is 5.32 Å². The Hall–Kier alpha value is -1.26. The van der Waals surface area contributed by atoms with Crippen molar-refractivity contribution in [2.75, 3.05) is 6.54 Å². The SMILES string of the molecule is CCNC(c1cc(C)c(C)s1)c1ccc(C)c(F)c1F. The van der Waals surface area contributed by atoms with Crippen LogP contribution in [0.1, 0.15) is 39.4 Å². The average Bonchev–Trinajstić information content (AvgIpc) is 2.74. The minimum atomic E-state index is -0.754. The van der Waals surface area contributed by atoms with Crippen LogP contribution in [-0.4, -0.2) is 6.54 Å².